The molecule has 0 unspecified atom stereocenters. The van der Waals surface area contributed by atoms with Gasteiger partial charge < -0.3 is 15.0 Å². The van der Waals surface area contributed by atoms with E-state index in [0.717, 1.165) is 4.90 Å². The van der Waals surface area contributed by atoms with Crippen molar-refractivity contribution in [3.8, 4) is 0 Å². The average molecular weight is 262 g/mol. The van der Waals surface area contributed by atoms with Crippen LogP contribution in [0.15, 0.2) is 0 Å². The van der Waals surface area contributed by atoms with Gasteiger partial charge in [0.05, 0.1) is 6.54 Å². The van der Waals surface area contributed by atoms with E-state index in [1.165, 1.54) is 0 Å². The van der Waals surface area contributed by atoms with Crippen LogP contribution in [0.1, 0.15) is 27.2 Å². The Labute approximate surface area is 106 Å². The van der Waals surface area contributed by atoms with E-state index >= 15 is 0 Å². The Morgan fingerprint density at radius 3 is 2.33 bits per heavy atom. The zero-order valence-corrected chi connectivity index (χ0v) is 11.1. The molecule has 2 fully saturated rings. The molecule has 1 amide bonds. The average Bonchev–Trinajstić information content (AvgIpc) is 2.10. The molecule has 0 aromatic carbocycles. The standard InChI is InChI=1S/C12H20F2N2O2/c1-10(2,3)18-9(17)16-7-11(5-15-6-11)4-12(13,14)8-16/h15H,4-8H2,1-3H3. The van der Waals surface area contributed by atoms with Gasteiger partial charge in [0.15, 0.2) is 0 Å². The lowest BCUT2D eigenvalue weighted by Gasteiger charge is -2.51. The number of hydrogen-bond donors (Lipinski definition) is 1. The summed E-state index contributed by atoms with van der Waals surface area (Å²) in [7, 11) is 0. The number of nitrogens with zero attached hydrogens (tertiary/aromatic N) is 1. The molecule has 1 spiro atoms. The third kappa shape index (κ3) is 2.91. The molecule has 0 bridgehead atoms. The maximum Gasteiger partial charge on any atom is 0.410 e. The van der Waals surface area contributed by atoms with Crippen molar-refractivity contribution in [2.24, 2.45) is 5.41 Å². The molecule has 0 radical (unpaired) electrons. The highest BCUT2D eigenvalue weighted by molar-refractivity contribution is 5.68. The Morgan fingerprint density at radius 2 is 1.89 bits per heavy atom. The number of rotatable bonds is 0. The summed E-state index contributed by atoms with van der Waals surface area (Å²) in [6.07, 6.45) is -0.792. The van der Waals surface area contributed by atoms with Crippen molar-refractivity contribution in [2.75, 3.05) is 26.2 Å². The molecule has 2 aliphatic heterocycles. The van der Waals surface area contributed by atoms with Gasteiger partial charge >= 0.3 is 6.09 Å². The Kier molecular flexibility index (Phi) is 3.04. The smallest absolute Gasteiger partial charge is 0.410 e. The van der Waals surface area contributed by atoms with Crippen molar-refractivity contribution in [2.45, 2.75) is 38.7 Å². The van der Waals surface area contributed by atoms with Crippen LogP contribution >= 0.6 is 0 Å². The normalized spacial score (nSPS) is 25.7. The van der Waals surface area contributed by atoms with E-state index in [2.05, 4.69) is 5.32 Å². The van der Waals surface area contributed by atoms with Crippen LogP contribution in [-0.2, 0) is 4.74 Å². The molecule has 2 aliphatic rings. The van der Waals surface area contributed by atoms with Crippen molar-refractivity contribution in [3.63, 3.8) is 0 Å². The summed E-state index contributed by atoms with van der Waals surface area (Å²) in [5.74, 6) is -2.82. The van der Waals surface area contributed by atoms with Gasteiger partial charge in [-0.15, -0.1) is 0 Å². The fraction of sp³-hybridized carbons (Fsp3) is 0.917. The summed E-state index contributed by atoms with van der Waals surface area (Å²) in [5, 5.41) is 3.01. The lowest BCUT2D eigenvalue weighted by Crippen LogP contribution is -2.66. The Hall–Kier alpha value is -0.910. The highest BCUT2D eigenvalue weighted by Gasteiger charge is 2.53. The Balaban J connectivity index is 2.06. The van der Waals surface area contributed by atoms with Crippen LogP contribution in [0.4, 0.5) is 13.6 Å². The molecule has 0 aromatic rings. The van der Waals surface area contributed by atoms with E-state index in [4.69, 9.17) is 4.74 Å². The Morgan fingerprint density at radius 1 is 1.28 bits per heavy atom. The van der Waals surface area contributed by atoms with Crippen molar-refractivity contribution in [3.05, 3.63) is 0 Å². The number of ether oxygens (including phenoxy) is 1. The second kappa shape index (κ2) is 4.05. The summed E-state index contributed by atoms with van der Waals surface area (Å²) < 4.78 is 32.5. The summed E-state index contributed by atoms with van der Waals surface area (Å²) in [6, 6.07) is 0. The lowest BCUT2D eigenvalue weighted by molar-refractivity contribution is -0.127. The lowest BCUT2D eigenvalue weighted by atomic mass is 9.73. The number of nitrogens with one attached hydrogen (secondary N) is 1. The largest absolute Gasteiger partial charge is 0.444 e. The minimum Gasteiger partial charge on any atom is -0.444 e. The Bertz CT molecular complexity index is 348. The SMILES string of the molecule is CC(C)(C)OC(=O)N1CC(F)(F)CC2(CNC2)C1. The molecular formula is C12H20F2N2O2. The van der Waals surface area contributed by atoms with Gasteiger partial charge in [-0.25, -0.2) is 13.6 Å². The summed E-state index contributed by atoms with van der Waals surface area (Å²) in [6.45, 7) is 6.09. The number of amides is 1. The first-order valence-corrected chi connectivity index (χ1v) is 6.17. The fourth-order valence-corrected chi connectivity index (χ4v) is 2.57. The van der Waals surface area contributed by atoms with Crippen LogP contribution < -0.4 is 5.32 Å². The zero-order chi connectivity index (χ0) is 13.6. The number of halogens is 2. The van der Waals surface area contributed by atoms with Crippen LogP contribution in [0, 0.1) is 5.41 Å². The monoisotopic (exact) mass is 262 g/mol. The maximum absolute atomic E-state index is 13.7. The van der Waals surface area contributed by atoms with Crippen molar-refractivity contribution in [1.29, 1.82) is 0 Å². The van der Waals surface area contributed by atoms with Gasteiger partial charge in [0.25, 0.3) is 5.92 Å². The molecule has 2 heterocycles. The quantitative estimate of drug-likeness (QED) is 0.724. The molecule has 1 N–H and O–H groups in total. The molecular weight excluding hydrogens is 242 g/mol. The first kappa shape index (κ1) is 13.5. The number of likely N-dealkylation sites (tertiary alicyclic amines) is 1. The number of carbonyl (C=O) groups excluding carboxylic acids is 1. The topological polar surface area (TPSA) is 41.6 Å². The second-order valence-corrected chi connectivity index (χ2v) is 6.47. The highest BCUT2D eigenvalue weighted by atomic mass is 19.3. The molecule has 4 nitrogen and oxygen atoms in total. The molecule has 18 heavy (non-hydrogen) atoms. The van der Waals surface area contributed by atoms with E-state index in [-0.39, 0.29) is 6.42 Å². The van der Waals surface area contributed by atoms with E-state index in [0.29, 0.717) is 19.6 Å². The minimum absolute atomic E-state index is 0.147. The van der Waals surface area contributed by atoms with Crippen LogP contribution in [0.3, 0.4) is 0 Å². The number of piperidine rings is 1. The molecule has 0 atom stereocenters. The minimum atomic E-state index is -2.82. The van der Waals surface area contributed by atoms with Crippen molar-refractivity contribution < 1.29 is 18.3 Å². The van der Waals surface area contributed by atoms with Gasteiger partial charge in [-0.2, -0.15) is 0 Å². The molecule has 0 aromatic heterocycles. The number of carbonyl (C=O) groups is 1. The van der Waals surface area contributed by atoms with E-state index in [9.17, 15) is 13.6 Å². The predicted molar refractivity (Wildman–Crippen MR) is 62.7 cm³/mol. The van der Waals surface area contributed by atoms with Crippen molar-refractivity contribution >= 4 is 6.09 Å². The molecule has 104 valence electrons. The zero-order valence-electron chi connectivity index (χ0n) is 11.1. The first-order valence-electron chi connectivity index (χ1n) is 6.17. The number of alkyl halides is 2. The van der Waals surface area contributed by atoms with Gasteiger partial charge in [0.1, 0.15) is 5.60 Å². The van der Waals surface area contributed by atoms with Gasteiger partial charge in [-0.05, 0) is 20.8 Å². The van der Waals surface area contributed by atoms with E-state index in [1.807, 2.05) is 0 Å². The first-order chi connectivity index (χ1) is 8.11. The summed E-state index contributed by atoms with van der Waals surface area (Å²) >= 11 is 0. The molecule has 0 saturated carbocycles. The van der Waals surface area contributed by atoms with E-state index in [1.54, 1.807) is 20.8 Å². The molecule has 2 rings (SSSR count). The maximum atomic E-state index is 13.7. The summed E-state index contributed by atoms with van der Waals surface area (Å²) in [4.78, 5) is 13.0. The predicted octanol–water partition coefficient (Wildman–Crippen LogP) is 1.85. The third-order valence-corrected chi connectivity index (χ3v) is 3.23. The molecule has 2 saturated heterocycles. The number of hydrogen-bond acceptors (Lipinski definition) is 3. The summed E-state index contributed by atoms with van der Waals surface area (Å²) in [5.41, 5.74) is -1.13. The van der Waals surface area contributed by atoms with Crippen LogP contribution in [-0.4, -0.2) is 48.7 Å². The van der Waals surface area contributed by atoms with Crippen molar-refractivity contribution in [1.82, 2.24) is 10.2 Å². The van der Waals surface area contributed by atoms with Crippen LogP contribution in [0.5, 0.6) is 0 Å². The van der Waals surface area contributed by atoms with E-state index < -0.39 is 29.6 Å². The third-order valence-electron chi connectivity index (χ3n) is 3.23. The van der Waals surface area contributed by atoms with Gasteiger partial charge in [-0.1, -0.05) is 0 Å². The second-order valence-electron chi connectivity index (χ2n) is 6.47. The van der Waals surface area contributed by atoms with Crippen LogP contribution in [0.25, 0.3) is 0 Å². The van der Waals surface area contributed by atoms with Crippen LogP contribution in [0.2, 0.25) is 0 Å². The highest BCUT2D eigenvalue weighted by Crippen LogP contribution is 2.41. The molecule has 6 heteroatoms. The molecule has 0 aliphatic carbocycles. The fourth-order valence-electron chi connectivity index (χ4n) is 2.57. The van der Waals surface area contributed by atoms with Gasteiger partial charge in [0.2, 0.25) is 0 Å². The van der Waals surface area contributed by atoms with Gasteiger partial charge in [-0.3, -0.25) is 0 Å². The van der Waals surface area contributed by atoms with Gasteiger partial charge in [0, 0.05) is 31.5 Å².